The summed E-state index contributed by atoms with van der Waals surface area (Å²) >= 11 is 0. The summed E-state index contributed by atoms with van der Waals surface area (Å²) in [6.45, 7) is 1.50. The van der Waals surface area contributed by atoms with Crippen molar-refractivity contribution in [3.8, 4) is 0 Å². The van der Waals surface area contributed by atoms with Crippen LogP contribution in [0.3, 0.4) is 0 Å². The molecule has 0 atom stereocenters. The van der Waals surface area contributed by atoms with Crippen LogP contribution in [0.25, 0.3) is 0 Å². The molecule has 0 heterocycles. The SMILES string of the molecule is CCO[PH](O)(O)O[PH](O)(O)OC. The molecule has 7 nitrogen and oxygen atoms in total. The van der Waals surface area contributed by atoms with Crippen LogP contribution in [0.2, 0.25) is 0 Å². The predicted octanol–water partition coefficient (Wildman–Crippen LogP) is -0.525. The van der Waals surface area contributed by atoms with E-state index in [1.807, 2.05) is 0 Å². The first-order valence-electron chi connectivity index (χ1n) is 3.11. The fourth-order valence-corrected chi connectivity index (χ4v) is 2.76. The molecule has 78 valence electrons. The molecule has 4 N–H and O–H groups in total. The van der Waals surface area contributed by atoms with Gasteiger partial charge in [0, 0.05) is 0 Å². The number of rotatable bonds is 5. The average molecular weight is 224 g/mol. The third-order valence-corrected chi connectivity index (χ3v) is 4.19. The Bertz CT molecular complexity index is 137. The van der Waals surface area contributed by atoms with Crippen LogP contribution in [0, 0.1) is 0 Å². The summed E-state index contributed by atoms with van der Waals surface area (Å²) in [5, 5.41) is 0. The van der Waals surface area contributed by atoms with Crippen molar-refractivity contribution in [1.82, 2.24) is 0 Å². The van der Waals surface area contributed by atoms with Gasteiger partial charge in [-0.15, -0.1) is 0 Å². The monoisotopic (exact) mass is 224 g/mol. The maximum atomic E-state index is 8.87. The Balaban J connectivity index is 4.04. The average Bonchev–Trinajstić information content (AvgIpc) is 1.85. The Labute approximate surface area is 70.8 Å². The molecule has 12 heavy (non-hydrogen) atoms. The summed E-state index contributed by atoms with van der Waals surface area (Å²) in [4.78, 5) is 35.3. The van der Waals surface area contributed by atoms with Crippen LogP contribution >= 0.6 is 16.3 Å². The van der Waals surface area contributed by atoms with Gasteiger partial charge in [-0.2, -0.15) is 0 Å². The van der Waals surface area contributed by atoms with Crippen LogP contribution in [-0.4, -0.2) is 33.3 Å². The zero-order valence-corrected chi connectivity index (χ0v) is 8.72. The van der Waals surface area contributed by atoms with Crippen molar-refractivity contribution in [1.29, 1.82) is 0 Å². The van der Waals surface area contributed by atoms with Gasteiger partial charge in [-0.25, -0.2) is 0 Å². The molecule has 0 saturated carbocycles. The van der Waals surface area contributed by atoms with Gasteiger partial charge >= 0.3 is 69.9 Å². The summed E-state index contributed by atoms with van der Waals surface area (Å²) in [5.41, 5.74) is 0. The van der Waals surface area contributed by atoms with Gasteiger partial charge in [-0.1, -0.05) is 0 Å². The summed E-state index contributed by atoms with van der Waals surface area (Å²) in [6.07, 6.45) is 0. The van der Waals surface area contributed by atoms with Gasteiger partial charge in [0.15, 0.2) is 0 Å². The molecule has 0 fully saturated rings. The molecule has 0 spiro atoms. The van der Waals surface area contributed by atoms with Crippen LogP contribution < -0.4 is 0 Å². The number of hydrogen-bond acceptors (Lipinski definition) is 7. The van der Waals surface area contributed by atoms with E-state index < -0.39 is 16.3 Å². The second-order valence-corrected chi connectivity index (χ2v) is 5.54. The van der Waals surface area contributed by atoms with E-state index in [-0.39, 0.29) is 6.61 Å². The van der Waals surface area contributed by atoms with Crippen molar-refractivity contribution in [2.24, 2.45) is 0 Å². The maximum absolute atomic E-state index is 8.87. The van der Waals surface area contributed by atoms with Crippen LogP contribution in [0.5, 0.6) is 0 Å². The minimum atomic E-state index is -4.42. The first kappa shape index (κ1) is 12.6. The Morgan fingerprint density at radius 3 is 1.92 bits per heavy atom. The molecule has 0 saturated heterocycles. The third-order valence-electron chi connectivity index (χ3n) is 0.864. The van der Waals surface area contributed by atoms with Crippen LogP contribution in [0.4, 0.5) is 0 Å². The van der Waals surface area contributed by atoms with E-state index >= 15 is 0 Å². The number of hydrogen-bond donors (Lipinski definition) is 4. The third kappa shape index (κ3) is 5.27. The van der Waals surface area contributed by atoms with Crippen molar-refractivity contribution in [2.45, 2.75) is 6.92 Å². The van der Waals surface area contributed by atoms with Crippen LogP contribution in [0.15, 0.2) is 0 Å². The van der Waals surface area contributed by atoms with Crippen molar-refractivity contribution < 1.29 is 32.9 Å². The zero-order chi connectivity index (χ0) is 9.83. The molecule has 0 unspecified atom stereocenters. The van der Waals surface area contributed by atoms with Gasteiger partial charge in [0.2, 0.25) is 0 Å². The van der Waals surface area contributed by atoms with E-state index in [2.05, 4.69) is 13.4 Å². The van der Waals surface area contributed by atoms with Gasteiger partial charge in [0.25, 0.3) is 0 Å². The summed E-state index contributed by atoms with van der Waals surface area (Å²) in [5.74, 6) is 0. The Hall–Kier alpha value is 0.580. The van der Waals surface area contributed by atoms with Gasteiger partial charge in [-0.3, -0.25) is 0 Å². The van der Waals surface area contributed by atoms with Gasteiger partial charge in [0.05, 0.1) is 0 Å². The van der Waals surface area contributed by atoms with E-state index in [4.69, 9.17) is 19.6 Å². The van der Waals surface area contributed by atoms with Crippen molar-refractivity contribution in [2.75, 3.05) is 13.7 Å². The topological polar surface area (TPSA) is 109 Å². The van der Waals surface area contributed by atoms with Crippen molar-refractivity contribution in [3.63, 3.8) is 0 Å². The molecule has 0 aromatic carbocycles. The van der Waals surface area contributed by atoms with E-state index in [1.165, 1.54) is 6.92 Å². The molecule has 0 radical (unpaired) electrons. The molecule has 0 aromatic rings. The fraction of sp³-hybridized carbons (Fsp3) is 1.00. The van der Waals surface area contributed by atoms with Crippen molar-refractivity contribution >= 4 is 16.3 Å². The molecule has 9 heteroatoms. The van der Waals surface area contributed by atoms with Gasteiger partial charge < -0.3 is 0 Å². The molecule has 0 aromatic heterocycles. The van der Waals surface area contributed by atoms with Crippen molar-refractivity contribution in [3.05, 3.63) is 0 Å². The second-order valence-electron chi connectivity index (χ2n) is 1.84. The minimum absolute atomic E-state index is 0.00653. The van der Waals surface area contributed by atoms with E-state index in [0.29, 0.717) is 0 Å². The molecule has 0 rings (SSSR count). The Morgan fingerprint density at radius 2 is 1.58 bits per heavy atom. The first-order valence-corrected chi connectivity index (χ1v) is 6.54. The van der Waals surface area contributed by atoms with Gasteiger partial charge in [-0.05, 0) is 0 Å². The molecule has 0 amide bonds. The standard InChI is InChI=1S/C3H14O7P2/c1-3-9-12(6,7)10-11(4,5)8-2/h4-7,11-12H,3H2,1-2H3. The van der Waals surface area contributed by atoms with Crippen LogP contribution in [0.1, 0.15) is 6.92 Å². The van der Waals surface area contributed by atoms with E-state index in [1.54, 1.807) is 0 Å². The summed E-state index contributed by atoms with van der Waals surface area (Å²) in [6, 6.07) is 0. The quantitative estimate of drug-likeness (QED) is 0.465. The Kier molecular flexibility index (Phi) is 4.94. The summed E-state index contributed by atoms with van der Waals surface area (Å²) in [7, 11) is -7.86. The first-order chi connectivity index (χ1) is 5.33. The zero-order valence-electron chi connectivity index (χ0n) is 6.72. The molecule has 0 aliphatic carbocycles. The normalized spacial score (nSPS) is 16.2. The molecule has 0 bridgehead atoms. The summed E-state index contributed by atoms with van der Waals surface area (Å²) < 4.78 is 12.5. The van der Waals surface area contributed by atoms with E-state index in [9.17, 15) is 0 Å². The molecule has 0 aliphatic heterocycles. The van der Waals surface area contributed by atoms with E-state index in [0.717, 1.165) is 7.11 Å². The van der Waals surface area contributed by atoms with Crippen LogP contribution in [-0.2, 0) is 13.4 Å². The second kappa shape index (κ2) is 4.72. The molecular weight excluding hydrogens is 210 g/mol. The molecular formula is C3H14O7P2. The van der Waals surface area contributed by atoms with Gasteiger partial charge in [0.1, 0.15) is 0 Å². The predicted molar refractivity (Wildman–Crippen MR) is 45.2 cm³/mol. The fourth-order valence-electron chi connectivity index (χ4n) is 0.432. The Morgan fingerprint density at radius 1 is 1.08 bits per heavy atom. The molecule has 0 aliphatic rings.